The molecule has 25 heavy (non-hydrogen) atoms. The minimum Gasteiger partial charge on any atom is -0.348 e. The average molecular weight is 344 g/mol. The van der Waals surface area contributed by atoms with Crippen molar-refractivity contribution in [1.29, 1.82) is 0 Å². The van der Waals surface area contributed by atoms with Crippen molar-refractivity contribution in [2.45, 2.75) is 64.3 Å². The van der Waals surface area contributed by atoms with E-state index in [4.69, 9.17) is 0 Å². The van der Waals surface area contributed by atoms with Gasteiger partial charge in [-0.05, 0) is 50.2 Å². The molecule has 1 aromatic rings. The quantitative estimate of drug-likeness (QED) is 0.910. The maximum atomic E-state index is 12.3. The lowest BCUT2D eigenvalue weighted by atomic mass is 9.93. The van der Waals surface area contributed by atoms with Crippen LogP contribution in [-0.4, -0.2) is 46.0 Å². The largest absolute Gasteiger partial charge is 0.348 e. The van der Waals surface area contributed by atoms with Gasteiger partial charge in [-0.3, -0.25) is 9.59 Å². The number of amides is 2. The molecule has 0 radical (unpaired) electrons. The summed E-state index contributed by atoms with van der Waals surface area (Å²) < 4.78 is 0. The zero-order valence-electron chi connectivity index (χ0n) is 15.0. The van der Waals surface area contributed by atoms with Crippen molar-refractivity contribution >= 4 is 11.8 Å². The van der Waals surface area contributed by atoms with Crippen LogP contribution in [0.3, 0.4) is 0 Å². The Morgan fingerprint density at radius 1 is 1.12 bits per heavy atom. The molecule has 0 aromatic carbocycles. The Morgan fingerprint density at radius 2 is 1.92 bits per heavy atom. The first-order chi connectivity index (χ1) is 12.1. The van der Waals surface area contributed by atoms with E-state index in [9.17, 15) is 9.59 Å². The standard InChI is InChI=1S/C19H28N4O2/c1-14(24)23-11-5-6-15(13-23)12-17-9-10-18(22-21-17)19(25)20-16-7-3-2-4-8-16/h9-10,15-16H,2-8,11-13H2,1H3,(H,20,25). The number of rotatable bonds is 4. The predicted octanol–water partition coefficient (Wildman–Crippen LogP) is 2.34. The molecule has 2 amide bonds. The molecule has 2 heterocycles. The molecule has 1 unspecified atom stereocenters. The van der Waals surface area contributed by atoms with Crippen LogP contribution in [0.4, 0.5) is 0 Å². The van der Waals surface area contributed by atoms with Crippen LogP contribution in [0.25, 0.3) is 0 Å². The highest BCUT2D eigenvalue weighted by Crippen LogP contribution is 2.20. The average Bonchev–Trinajstić information content (AvgIpc) is 2.63. The number of nitrogens with zero attached hydrogens (tertiary/aromatic N) is 3. The summed E-state index contributed by atoms with van der Waals surface area (Å²) in [5.74, 6) is 0.450. The second kappa shape index (κ2) is 8.41. The second-order valence-electron chi connectivity index (χ2n) is 7.40. The van der Waals surface area contributed by atoms with E-state index in [2.05, 4.69) is 15.5 Å². The minimum absolute atomic E-state index is 0.119. The van der Waals surface area contributed by atoms with E-state index in [1.807, 2.05) is 11.0 Å². The Kier molecular flexibility index (Phi) is 6.00. The number of carbonyl (C=O) groups excluding carboxylic acids is 2. The summed E-state index contributed by atoms with van der Waals surface area (Å²) in [5.41, 5.74) is 1.29. The number of hydrogen-bond donors (Lipinski definition) is 1. The summed E-state index contributed by atoms with van der Waals surface area (Å²) in [4.78, 5) is 25.7. The Labute approximate surface area is 149 Å². The molecule has 1 saturated carbocycles. The van der Waals surface area contributed by atoms with Crippen LogP contribution >= 0.6 is 0 Å². The van der Waals surface area contributed by atoms with E-state index in [1.54, 1.807) is 13.0 Å². The highest BCUT2D eigenvalue weighted by molar-refractivity contribution is 5.92. The van der Waals surface area contributed by atoms with Gasteiger partial charge >= 0.3 is 0 Å². The van der Waals surface area contributed by atoms with Gasteiger partial charge in [0.05, 0.1) is 5.69 Å². The van der Waals surface area contributed by atoms with Crippen LogP contribution in [0.5, 0.6) is 0 Å². The fourth-order valence-electron chi connectivity index (χ4n) is 3.91. The highest BCUT2D eigenvalue weighted by Gasteiger charge is 2.22. The van der Waals surface area contributed by atoms with Crippen molar-refractivity contribution in [3.8, 4) is 0 Å². The van der Waals surface area contributed by atoms with Crippen LogP contribution in [-0.2, 0) is 11.2 Å². The Balaban J connectivity index is 1.53. The molecular weight excluding hydrogens is 316 g/mol. The number of carbonyl (C=O) groups is 2. The minimum atomic E-state index is -0.119. The molecule has 1 aliphatic heterocycles. The van der Waals surface area contributed by atoms with Crippen molar-refractivity contribution in [3.63, 3.8) is 0 Å². The van der Waals surface area contributed by atoms with Crippen LogP contribution in [0.2, 0.25) is 0 Å². The molecule has 3 rings (SSSR count). The van der Waals surface area contributed by atoms with Gasteiger partial charge in [-0.15, -0.1) is 5.10 Å². The van der Waals surface area contributed by atoms with Crippen molar-refractivity contribution < 1.29 is 9.59 Å². The molecule has 1 N–H and O–H groups in total. The number of hydrogen-bond acceptors (Lipinski definition) is 4. The first-order valence-corrected chi connectivity index (χ1v) is 9.51. The molecule has 6 heteroatoms. The Morgan fingerprint density at radius 3 is 2.60 bits per heavy atom. The van der Waals surface area contributed by atoms with Gasteiger partial charge in [0.1, 0.15) is 0 Å². The summed E-state index contributed by atoms with van der Waals surface area (Å²) >= 11 is 0. The molecule has 136 valence electrons. The van der Waals surface area contributed by atoms with E-state index < -0.39 is 0 Å². The third kappa shape index (κ3) is 5.00. The lowest BCUT2D eigenvalue weighted by molar-refractivity contribution is -0.130. The smallest absolute Gasteiger partial charge is 0.272 e. The lowest BCUT2D eigenvalue weighted by Crippen LogP contribution is -2.39. The van der Waals surface area contributed by atoms with Gasteiger partial charge in [-0.2, -0.15) is 5.10 Å². The highest BCUT2D eigenvalue weighted by atomic mass is 16.2. The molecule has 2 aliphatic rings. The summed E-state index contributed by atoms with van der Waals surface area (Å²) in [7, 11) is 0. The van der Waals surface area contributed by atoms with E-state index in [-0.39, 0.29) is 17.9 Å². The van der Waals surface area contributed by atoms with Gasteiger partial charge in [0.2, 0.25) is 5.91 Å². The Bertz CT molecular complexity index is 596. The Hall–Kier alpha value is -1.98. The van der Waals surface area contributed by atoms with Gasteiger partial charge in [-0.1, -0.05) is 19.3 Å². The predicted molar refractivity (Wildman–Crippen MR) is 95.1 cm³/mol. The first kappa shape index (κ1) is 17.8. The van der Waals surface area contributed by atoms with E-state index >= 15 is 0 Å². The maximum Gasteiger partial charge on any atom is 0.272 e. The molecular formula is C19H28N4O2. The molecule has 2 fully saturated rings. The van der Waals surface area contributed by atoms with E-state index in [0.29, 0.717) is 11.6 Å². The molecule has 1 aromatic heterocycles. The van der Waals surface area contributed by atoms with Crippen molar-refractivity contribution in [2.75, 3.05) is 13.1 Å². The molecule has 1 saturated heterocycles. The third-order valence-electron chi connectivity index (χ3n) is 5.35. The summed E-state index contributed by atoms with van der Waals surface area (Å²) in [6.45, 7) is 3.28. The number of aromatic nitrogens is 2. The molecule has 0 bridgehead atoms. The van der Waals surface area contributed by atoms with Crippen molar-refractivity contribution in [2.24, 2.45) is 5.92 Å². The van der Waals surface area contributed by atoms with E-state index in [1.165, 1.54) is 19.3 Å². The van der Waals surface area contributed by atoms with Gasteiger partial charge in [0.25, 0.3) is 5.91 Å². The maximum absolute atomic E-state index is 12.3. The molecule has 6 nitrogen and oxygen atoms in total. The van der Waals surface area contributed by atoms with Gasteiger partial charge in [-0.25, -0.2) is 0 Å². The molecule has 1 atom stereocenters. The number of piperidine rings is 1. The summed E-state index contributed by atoms with van der Waals surface area (Å²) in [6, 6.07) is 3.95. The zero-order chi connectivity index (χ0) is 17.6. The molecule has 0 spiro atoms. The number of nitrogens with one attached hydrogen (secondary N) is 1. The van der Waals surface area contributed by atoms with Crippen LogP contribution in [0, 0.1) is 5.92 Å². The monoisotopic (exact) mass is 344 g/mol. The van der Waals surface area contributed by atoms with Gasteiger partial charge in [0.15, 0.2) is 5.69 Å². The zero-order valence-corrected chi connectivity index (χ0v) is 15.0. The van der Waals surface area contributed by atoms with Crippen LogP contribution in [0.15, 0.2) is 12.1 Å². The van der Waals surface area contributed by atoms with Gasteiger partial charge in [0, 0.05) is 26.1 Å². The lowest BCUT2D eigenvalue weighted by Gasteiger charge is -2.31. The van der Waals surface area contributed by atoms with Crippen LogP contribution < -0.4 is 5.32 Å². The summed E-state index contributed by atoms with van der Waals surface area (Å²) in [6.07, 6.45) is 8.72. The van der Waals surface area contributed by atoms with Crippen LogP contribution in [0.1, 0.15) is 68.1 Å². The summed E-state index contributed by atoms with van der Waals surface area (Å²) in [5, 5.41) is 11.4. The third-order valence-corrected chi connectivity index (χ3v) is 5.35. The SMILES string of the molecule is CC(=O)N1CCCC(Cc2ccc(C(=O)NC3CCCCC3)nn2)C1. The normalized spacial score (nSPS) is 21.8. The topological polar surface area (TPSA) is 75.2 Å². The van der Waals surface area contributed by atoms with Gasteiger partial charge < -0.3 is 10.2 Å². The van der Waals surface area contributed by atoms with Crippen molar-refractivity contribution in [3.05, 3.63) is 23.5 Å². The second-order valence-corrected chi connectivity index (χ2v) is 7.40. The number of likely N-dealkylation sites (tertiary alicyclic amines) is 1. The first-order valence-electron chi connectivity index (χ1n) is 9.51. The van der Waals surface area contributed by atoms with E-state index in [0.717, 1.165) is 50.9 Å². The molecule has 1 aliphatic carbocycles. The fraction of sp³-hybridized carbons (Fsp3) is 0.684. The fourth-order valence-corrected chi connectivity index (χ4v) is 3.91. The van der Waals surface area contributed by atoms with Crippen molar-refractivity contribution in [1.82, 2.24) is 20.4 Å².